The zero-order valence-electron chi connectivity index (χ0n) is 6.71. The summed E-state index contributed by atoms with van der Waals surface area (Å²) >= 11 is 3.80. The molecule has 1 rings (SSSR count). The zero-order valence-corrected chi connectivity index (χ0v) is 7.61. The third-order valence-electron chi connectivity index (χ3n) is 1.62. The Labute approximate surface area is 79.9 Å². The molecule has 5 nitrogen and oxygen atoms in total. The first-order valence-corrected chi connectivity index (χ1v) is 4.29. The molecule has 2 atom stereocenters. The lowest BCUT2D eigenvalue weighted by Gasteiger charge is -2.14. The van der Waals surface area contributed by atoms with Gasteiger partial charge in [0.2, 0.25) is 0 Å². The van der Waals surface area contributed by atoms with E-state index in [1.54, 1.807) is 0 Å². The van der Waals surface area contributed by atoms with Crippen LogP contribution in [0, 0.1) is 0 Å². The Bertz CT molecular complexity index is 328. The Morgan fingerprint density at radius 3 is 2.85 bits per heavy atom. The molecular formula is C7H10N2O3S. The number of aliphatic hydroxyl groups is 2. The van der Waals surface area contributed by atoms with E-state index >= 15 is 0 Å². The summed E-state index contributed by atoms with van der Waals surface area (Å²) in [6.07, 6.45) is 0.130. The molecule has 0 aliphatic carbocycles. The number of aromatic amines is 1. The first-order valence-electron chi connectivity index (χ1n) is 3.66. The molecule has 0 bridgehead atoms. The van der Waals surface area contributed by atoms with E-state index in [0.717, 1.165) is 0 Å². The Balaban J connectivity index is 2.95. The summed E-state index contributed by atoms with van der Waals surface area (Å²) < 4.78 is 0. The van der Waals surface area contributed by atoms with Crippen LogP contribution >= 0.6 is 12.6 Å². The summed E-state index contributed by atoms with van der Waals surface area (Å²) in [5, 5.41) is 18.6. The summed E-state index contributed by atoms with van der Waals surface area (Å²) in [5.41, 5.74) is -0.410. The van der Waals surface area contributed by atoms with E-state index in [-0.39, 0.29) is 11.3 Å². The fourth-order valence-corrected chi connectivity index (χ4v) is 1.07. The third kappa shape index (κ3) is 2.30. The lowest BCUT2D eigenvalue weighted by Crippen LogP contribution is -2.26. The molecule has 2 unspecified atom stereocenters. The minimum atomic E-state index is -1.24. The topological polar surface area (TPSA) is 86.2 Å². The molecule has 0 aromatic carbocycles. The molecule has 13 heavy (non-hydrogen) atoms. The average Bonchev–Trinajstić information content (AvgIpc) is 2.16. The molecule has 1 aromatic rings. The maximum absolute atomic E-state index is 11.1. The summed E-state index contributed by atoms with van der Waals surface area (Å²) in [6, 6.07) is 0. The van der Waals surface area contributed by atoms with E-state index in [1.165, 1.54) is 12.5 Å². The van der Waals surface area contributed by atoms with E-state index in [9.17, 15) is 15.0 Å². The Hall–Kier alpha value is -0.850. The summed E-state index contributed by atoms with van der Waals surface area (Å²) in [5.74, 6) is 0.0789. The fraction of sp³-hybridized carbons (Fsp3) is 0.429. The molecule has 1 heterocycles. The van der Waals surface area contributed by atoms with Crippen LogP contribution in [0.2, 0.25) is 0 Å². The molecule has 1 aromatic heterocycles. The molecule has 0 saturated heterocycles. The van der Waals surface area contributed by atoms with Gasteiger partial charge in [0, 0.05) is 11.9 Å². The molecule has 0 radical (unpaired) electrons. The number of hydrogen-bond donors (Lipinski definition) is 4. The van der Waals surface area contributed by atoms with Crippen LogP contribution in [0.4, 0.5) is 0 Å². The van der Waals surface area contributed by atoms with Crippen molar-refractivity contribution in [3.63, 3.8) is 0 Å². The highest BCUT2D eigenvalue weighted by Crippen LogP contribution is 2.12. The van der Waals surface area contributed by atoms with Crippen LogP contribution in [0.5, 0.6) is 0 Å². The number of aromatic nitrogens is 2. The van der Waals surface area contributed by atoms with Crippen molar-refractivity contribution in [1.82, 2.24) is 9.97 Å². The van der Waals surface area contributed by atoms with Gasteiger partial charge in [-0.2, -0.15) is 12.6 Å². The van der Waals surface area contributed by atoms with Gasteiger partial charge in [0.25, 0.3) is 5.56 Å². The third-order valence-corrected chi connectivity index (χ3v) is 1.99. The first kappa shape index (κ1) is 10.2. The van der Waals surface area contributed by atoms with Crippen LogP contribution in [0.15, 0.2) is 17.3 Å². The molecule has 0 fully saturated rings. The van der Waals surface area contributed by atoms with Gasteiger partial charge in [-0.25, -0.2) is 4.98 Å². The van der Waals surface area contributed by atoms with E-state index in [2.05, 4.69) is 22.6 Å². The van der Waals surface area contributed by atoms with Gasteiger partial charge in [-0.1, -0.05) is 0 Å². The van der Waals surface area contributed by atoms with Crippen LogP contribution in [-0.4, -0.2) is 32.0 Å². The molecule has 6 heteroatoms. The molecule has 0 aliphatic heterocycles. The van der Waals surface area contributed by atoms with Gasteiger partial charge in [-0.15, -0.1) is 0 Å². The van der Waals surface area contributed by atoms with Crippen molar-refractivity contribution in [2.24, 2.45) is 0 Å². The van der Waals surface area contributed by atoms with Crippen LogP contribution < -0.4 is 5.56 Å². The van der Waals surface area contributed by atoms with E-state index < -0.39 is 17.8 Å². The number of thiol groups is 1. The second kappa shape index (κ2) is 4.40. The normalized spacial score (nSPS) is 15.3. The van der Waals surface area contributed by atoms with Crippen LogP contribution in [0.25, 0.3) is 0 Å². The van der Waals surface area contributed by atoms with Crippen LogP contribution in [0.1, 0.15) is 11.7 Å². The Morgan fingerprint density at radius 2 is 2.31 bits per heavy atom. The average molecular weight is 202 g/mol. The smallest absolute Gasteiger partial charge is 0.256 e. The molecule has 3 N–H and O–H groups in total. The van der Waals surface area contributed by atoms with Crippen molar-refractivity contribution < 1.29 is 10.2 Å². The fourth-order valence-electron chi connectivity index (χ4n) is 0.873. The second-order valence-corrected chi connectivity index (χ2v) is 2.90. The Kier molecular flexibility index (Phi) is 3.47. The van der Waals surface area contributed by atoms with E-state index in [0.29, 0.717) is 0 Å². The lowest BCUT2D eigenvalue weighted by molar-refractivity contribution is 0.0326. The maximum Gasteiger partial charge on any atom is 0.256 e. The standard InChI is InChI=1S/C7H10N2O3S/c10-5(2-13)6(11)4-1-8-3-9-7(4)12/h1,3,5-6,10-11,13H,2H2,(H,8,9,12). The van der Waals surface area contributed by atoms with E-state index in [4.69, 9.17) is 0 Å². The van der Waals surface area contributed by atoms with Crippen molar-refractivity contribution in [3.8, 4) is 0 Å². The lowest BCUT2D eigenvalue weighted by atomic mass is 10.1. The summed E-state index contributed by atoms with van der Waals surface area (Å²) in [7, 11) is 0. The van der Waals surface area contributed by atoms with Gasteiger partial charge in [0.1, 0.15) is 6.10 Å². The highest BCUT2D eigenvalue weighted by Gasteiger charge is 2.19. The van der Waals surface area contributed by atoms with Crippen molar-refractivity contribution >= 4 is 12.6 Å². The van der Waals surface area contributed by atoms with Gasteiger partial charge in [0.15, 0.2) is 0 Å². The minimum Gasteiger partial charge on any atom is -0.389 e. The minimum absolute atomic E-state index is 0.0454. The first-order chi connectivity index (χ1) is 6.16. The number of nitrogens with zero attached hydrogens (tertiary/aromatic N) is 1. The van der Waals surface area contributed by atoms with Crippen molar-refractivity contribution in [2.75, 3.05) is 5.75 Å². The van der Waals surface area contributed by atoms with Gasteiger partial charge in [0.05, 0.1) is 18.0 Å². The molecule has 72 valence electrons. The van der Waals surface area contributed by atoms with Crippen molar-refractivity contribution in [2.45, 2.75) is 12.2 Å². The molecule has 0 saturated carbocycles. The van der Waals surface area contributed by atoms with Gasteiger partial charge in [-0.3, -0.25) is 4.79 Å². The van der Waals surface area contributed by atoms with E-state index in [1.807, 2.05) is 0 Å². The van der Waals surface area contributed by atoms with Crippen molar-refractivity contribution in [3.05, 3.63) is 28.4 Å². The predicted octanol–water partition coefficient (Wildman–Crippen LogP) is -0.906. The number of hydrogen-bond acceptors (Lipinski definition) is 5. The Morgan fingerprint density at radius 1 is 1.62 bits per heavy atom. The second-order valence-electron chi connectivity index (χ2n) is 2.53. The number of rotatable bonds is 3. The van der Waals surface area contributed by atoms with Gasteiger partial charge < -0.3 is 15.2 Å². The molecule has 0 amide bonds. The monoisotopic (exact) mass is 202 g/mol. The van der Waals surface area contributed by atoms with Crippen LogP contribution in [-0.2, 0) is 0 Å². The number of H-pyrrole nitrogens is 1. The zero-order chi connectivity index (χ0) is 9.84. The number of nitrogens with one attached hydrogen (secondary N) is 1. The highest BCUT2D eigenvalue weighted by molar-refractivity contribution is 7.80. The largest absolute Gasteiger partial charge is 0.389 e. The van der Waals surface area contributed by atoms with Crippen molar-refractivity contribution in [1.29, 1.82) is 0 Å². The van der Waals surface area contributed by atoms with Gasteiger partial charge in [-0.05, 0) is 0 Å². The molecule has 0 aliphatic rings. The summed E-state index contributed by atoms with van der Waals surface area (Å²) in [6.45, 7) is 0. The van der Waals surface area contributed by atoms with Crippen LogP contribution in [0.3, 0.4) is 0 Å². The highest BCUT2D eigenvalue weighted by atomic mass is 32.1. The van der Waals surface area contributed by atoms with Gasteiger partial charge >= 0.3 is 0 Å². The predicted molar refractivity (Wildman–Crippen MR) is 49.7 cm³/mol. The maximum atomic E-state index is 11.1. The summed E-state index contributed by atoms with van der Waals surface area (Å²) in [4.78, 5) is 17.0. The molecular weight excluding hydrogens is 192 g/mol. The quantitative estimate of drug-likeness (QED) is 0.478. The molecule has 0 spiro atoms. The number of aliphatic hydroxyl groups excluding tert-OH is 2. The SMILES string of the molecule is O=c1[nH]cncc1C(O)C(O)CS.